The van der Waals surface area contributed by atoms with Gasteiger partial charge in [0, 0.05) is 21.7 Å². The van der Waals surface area contributed by atoms with Crippen LogP contribution in [0, 0.1) is 0 Å². The lowest BCUT2D eigenvalue weighted by Gasteiger charge is -2.13. The van der Waals surface area contributed by atoms with Crippen molar-refractivity contribution < 1.29 is 0 Å². The zero-order valence-electron chi connectivity index (χ0n) is 20.1. The molecule has 0 unspecified atom stereocenters. The summed E-state index contributed by atoms with van der Waals surface area (Å²) in [7, 11) is 0. The van der Waals surface area contributed by atoms with Crippen molar-refractivity contribution in [2.45, 2.75) is 0 Å². The highest BCUT2D eigenvalue weighted by molar-refractivity contribution is 6.30. The molecule has 176 valence electrons. The Morgan fingerprint density at radius 3 is 1.62 bits per heavy atom. The molecule has 3 heteroatoms. The van der Waals surface area contributed by atoms with E-state index in [-0.39, 0.29) is 0 Å². The number of halogens is 1. The van der Waals surface area contributed by atoms with E-state index in [2.05, 4.69) is 84.9 Å². The van der Waals surface area contributed by atoms with Gasteiger partial charge in [-0.3, -0.25) is 0 Å². The number of rotatable bonds is 5. The van der Waals surface area contributed by atoms with Gasteiger partial charge in [0.05, 0.1) is 11.4 Å². The van der Waals surface area contributed by atoms with E-state index in [1.54, 1.807) is 0 Å². The first-order chi connectivity index (χ1) is 18.2. The van der Waals surface area contributed by atoms with Crippen molar-refractivity contribution in [3.8, 4) is 56.2 Å². The monoisotopic (exact) mass is 494 g/mol. The third kappa shape index (κ3) is 4.93. The Balaban J connectivity index is 1.50. The fourth-order valence-electron chi connectivity index (χ4n) is 4.53. The van der Waals surface area contributed by atoms with Gasteiger partial charge in [-0.05, 0) is 40.5 Å². The fraction of sp³-hybridized carbons (Fsp3) is 0. The van der Waals surface area contributed by atoms with Gasteiger partial charge in [-0.1, -0.05) is 133 Å². The Hall–Kier alpha value is -4.53. The molecule has 0 atom stereocenters. The minimum Gasteiger partial charge on any atom is -0.228 e. The zero-order valence-corrected chi connectivity index (χ0v) is 20.8. The number of hydrogen-bond donors (Lipinski definition) is 0. The topological polar surface area (TPSA) is 25.8 Å². The summed E-state index contributed by atoms with van der Waals surface area (Å²) in [5, 5.41) is 0.708. The van der Waals surface area contributed by atoms with E-state index in [1.807, 2.05) is 54.6 Å². The lowest BCUT2D eigenvalue weighted by molar-refractivity contribution is 1.18. The molecule has 5 aromatic carbocycles. The molecule has 6 rings (SSSR count). The van der Waals surface area contributed by atoms with Gasteiger partial charge in [0.25, 0.3) is 0 Å². The molecule has 37 heavy (non-hydrogen) atoms. The van der Waals surface area contributed by atoms with E-state index in [0.717, 1.165) is 44.8 Å². The quantitative estimate of drug-likeness (QED) is 0.238. The standard InChI is InChI=1S/C34H23ClN2/c35-29-15-9-14-28(22-29)30-16-7-8-17-31(30)33-23-32(26-12-5-2-6-13-26)36-34(37-33)27-20-18-25(19-21-27)24-10-3-1-4-11-24/h1-23H. The van der Waals surface area contributed by atoms with Gasteiger partial charge < -0.3 is 0 Å². The minimum absolute atomic E-state index is 0.692. The average Bonchev–Trinajstić information content (AvgIpc) is 2.98. The second-order valence-corrected chi connectivity index (χ2v) is 9.26. The van der Waals surface area contributed by atoms with Crippen molar-refractivity contribution in [1.82, 2.24) is 9.97 Å². The van der Waals surface area contributed by atoms with Gasteiger partial charge in [0.1, 0.15) is 0 Å². The van der Waals surface area contributed by atoms with Crippen LogP contribution in [0.1, 0.15) is 0 Å². The molecule has 0 N–H and O–H groups in total. The first kappa shape index (κ1) is 22.9. The maximum atomic E-state index is 6.34. The molecule has 0 saturated heterocycles. The van der Waals surface area contributed by atoms with Gasteiger partial charge in [-0.15, -0.1) is 0 Å². The van der Waals surface area contributed by atoms with Crippen LogP contribution in [-0.2, 0) is 0 Å². The smallest absolute Gasteiger partial charge is 0.160 e. The lowest BCUT2D eigenvalue weighted by atomic mass is 9.96. The van der Waals surface area contributed by atoms with E-state index < -0.39 is 0 Å². The van der Waals surface area contributed by atoms with Crippen LogP contribution in [0.5, 0.6) is 0 Å². The van der Waals surface area contributed by atoms with E-state index >= 15 is 0 Å². The first-order valence-corrected chi connectivity index (χ1v) is 12.6. The van der Waals surface area contributed by atoms with Gasteiger partial charge >= 0.3 is 0 Å². The number of hydrogen-bond acceptors (Lipinski definition) is 2. The fourth-order valence-corrected chi connectivity index (χ4v) is 4.72. The van der Waals surface area contributed by atoms with Gasteiger partial charge in [-0.25, -0.2) is 9.97 Å². The highest BCUT2D eigenvalue weighted by atomic mass is 35.5. The second kappa shape index (κ2) is 10.2. The summed E-state index contributed by atoms with van der Waals surface area (Å²) in [5.74, 6) is 0.692. The molecule has 0 aliphatic heterocycles. The molecule has 0 spiro atoms. The molecule has 0 radical (unpaired) electrons. The third-order valence-electron chi connectivity index (χ3n) is 6.38. The molecule has 0 saturated carbocycles. The number of nitrogens with zero attached hydrogens (tertiary/aromatic N) is 2. The van der Waals surface area contributed by atoms with Crippen LogP contribution < -0.4 is 0 Å². The maximum Gasteiger partial charge on any atom is 0.160 e. The Morgan fingerprint density at radius 2 is 0.919 bits per heavy atom. The van der Waals surface area contributed by atoms with Crippen molar-refractivity contribution in [3.63, 3.8) is 0 Å². The van der Waals surface area contributed by atoms with Crippen molar-refractivity contribution in [3.05, 3.63) is 145 Å². The predicted molar refractivity (Wildman–Crippen MR) is 154 cm³/mol. The highest BCUT2D eigenvalue weighted by Gasteiger charge is 2.14. The summed E-state index contributed by atoms with van der Waals surface area (Å²) in [5.41, 5.74) is 9.28. The summed E-state index contributed by atoms with van der Waals surface area (Å²) in [6.07, 6.45) is 0. The van der Waals surface area contributed by atoms with E-state index in [1.165, 1.54) is 5.56 Å². The van der Waals surface area contributed by atoms with Crippen LogP contribution >= 0.6 is 11.6 Å². The van der Waals surface area contributed by atoms with Gasteiger partial charge in [0.2, 0.25) is 0 Å². The lowest BCUT2D eigenvalue weighted by Crippen LogP contribution is -1.97. The SMILES string of the molecule is Clc1cccc(-c2ccccc2-c2cc(-c3ccccc3)nc(-c3ccc(-c4ccccc4)cc3)n2)c1. The Kier molecular flexibility index (Phi) is 6.33. The van der Waals surface area contributed by atoms with Gasteiger partial charge in [0.15, 0.2) is 5.82 Å². The molecule has 0 amide bonds. The molecule has 2 nitrogen and oxygen atoms in total. The molecule has 1 heterocycles. The normalized spacial score (nSPS) is 10.8. The maximum absolute atomic E-state index is 6.34. The number of benzene rings is 5. The number of aromatic nitrogens is 2. The van der Waals surface area contributed by atoms with Gasteiger partial charge in [-0.2, -0.15) is 0 Å². The Morgan fingerprint density at radius 1 is 0.378 bits per heavy atom. The second-order valence-electron chi connectivity index (χ2n) is 8.83. The average molecular weight is 495 g/mol. The van der Waals surface area contributed by atoms with Crippen molar-refractivity contribution in [1.29, 1.82) is 0 Å². The van der Waals surface area contributed by atoms with Crippen LogP contribution in [0.25, 0.3) is 56.2 Å². The minimum atomic E-state index is 0.692. The van der Waals surface area contributed by atoms with Crippen molar-refractivity contribution in [2.75, 3.05) is 0 Å². The molecule has 6 aromatic rings. The summed E-state index contributed by atoms with van der Waals surface area (Å²) in [4.78, 5) is 10.1. The molecule has 0 aliphatic carbocycles. The van der Waals surface area contributed by atoms with Crippen LogP contribution in [-0.4, -0.2) is 9.97 Å². The highest BCUT2D eigenvalue weighted by Crippen LogP contribution is 2.35. The van der Waals surface area contributed by atoms with E-state index in [9.17, 15) is 0 Å². The zero-order chi connectivity index (χ0) is 25.0. The van der Waals surface area contributed by atoms with Crippen molar-refractivity contribution >= 4 is 11.6 Å². The first-order valence-electron chi connectivity index (χ1n) is 12.2. The van der Waals surface area contributed by atoms with Crippen LogP contribution in [0.4, 0.5) is 0 Å². The summed E-state index contributed by atoms with van der Waals surface area (Å²) >= 11 is 6.34. The summed E-state index contributed by atoms with van der Waals surface area (Å²) in [6, 6.07) is 47.4. The molecule has 1 aromatic heterocycles. The molecular weight excluding hydrogens is 472 g/mol. The Labute approximate surface area is 221 Å². The van der Waals surface area contributed by atoms with Crippen molar-refractivity contribution in [2.24, 2.45) is 0 Å². The summed E-state index contributed by atoms with van der Waals surface area (Å²) < 4.78 is 0. The molecule has 0 aliphatic rings. The Bertz CT molecular complexity index is 1660. The molecule has 0 fully saturated rings. The largest absolute Gasteiger partial charge is 0.228 e. The predicted octanol–water partition coefficient (Wildman–Crippen LogP) is 9.46. The van der Waals surface area contributed by atoms with Crippen LogP contribution in [0.2, 0.25) is 5.02 Å². The molecule has 0 bridgehead atoms. The van der Waals surface area contributed by atoms with E-state index in [0.29, 0.717) is 10.8 Å². The van der Waals surface area contributed by atoms with E-state index in [4.69, 9.17) is 21.6 Å². The van der Waals surface area contributed by atoms with Crippen LogP contribution in [0.15, 0.2) is 140 Å². The summed E-state index contributed by atoms with van der Waals surface area (Å²) in [6.45, 7) is 0. The van der Waals surface area contributed by atoms with Crippen LogP contribution in [0.3, 0.4) is 0 Å². The molecular formula is C34H23ClN2. The third-order valence-corrected chi connectivity index (χ3v) is 6.62.